The summed E-state index contributed by atoms with van der Waals surface area (Å²) in [5.74, 6) is -0.802. The zero-order valence-electron chi connectivity index (χ0n) is 21.2. The molecule has 9 heteroatoms. The monoisotopic (exact) mass is 524 g/mol. The van der Waals surface area contributed by atoms with Gasteiger partial charge in [-0.1, -0.05) is 49.7 Å². The molecule has 0 spiro atoms. The van der Waals surface area contributed by atoms with Gasteiger partial charge in [0, 0.05) is 5.69 Å². The lowest BCUT2D eigenvalue weighted by molar-refractivity contribution is -0.117. The highest BCUT2D eigenvalue weighted by molar-refractivity contribution is 7.89. The van der Waals surface area contributed by atoms with Crippen LogP contribution in [0.3, 0.4) is 0 Å². The van der Waals surface area contributed by atoms with Gasteiger partial charge in [-0.05, 0) is 67.3 Å². The van der Waals surface area contributed by atoms with Crippen molar-refractivity contribution < 1.29 is 27.5 Å². The molecule has 1 unspecified atom stereocenters. The Labute approximate surface area is 218 Å². The van der Waals surface area contributed by atoms with Crippen LogP contribution in [0.5, 0.6) is 5.75 Å². The minimum Gasteiger partial charge on any atom is -0.495 e. The molecule has 37 heavy (non-hydrogen) atoms. The van der Waals surface area contributed by atoms with Crippen molar-refractivity contribution in [1.82, 2.24) is 4.72 Å². The fraction of sp³-hybridized carbons (Fsp3) is 0.286. The van der Waals surface area contributed by atoms with E-state index in [0.29, 0.717) is 17.9 Å². The SMILES string of the molecule is CCCCOC(=O)c1ccc(NC(=O)C(Cc2ccccc2)NS(=O)(=O)c2cc(C)ccc2OC)cc1. The van der Waals surface area contributed by atoms with Gasteiger partial charge in [-0.15, -0.1) is 0 Å². The number of carbonyl (C=O) groups is 2. The molecule has 0 bridgehead atoms. The number of ether oxygens (including phenoxy) is 2. The average molecular weight is 525 g/mol. The summed E-state index contributed by atoms with van der Waals surface area (Å²) in [5, 5.41) is 2.75. The van der Waals surface area contributed by atoms with Gasteiger partial charge >= 0.3 is 5.97 Å². The van der Waals surface area contributed by atoms with E-state index < -0.39 is 27.9 Å². The number of nitrogens with one attached hydrogen (secondary N) is 2. The van der Waals surface area contributed by atoms with Crippen molar-refractivity contribution >= 4 is 27.6 Å². The number of esters is 1. The molecule has 0 aliphatic heterocycles. The summed E-state index contributed by atoms with van der Waals surface area (Å²) in [6.45, 7) is 4.13. The molecule has 0 heterocycles. The first-order valence-corrected chi connectivity index (χ1v) is 13.5. The van der Waals surface area contributed by atoms with E-state index in [0.717, 1.165) is 24.0 Å². The quantitative estimate of drug-likeness (QED) is 0.267. The van der Waals surface area contributed by atoms with Crippen molar-refractivity contribution in [3.63, 3.8) is 0 Å². The summed E-state index contributed by atoms with van der Waals surface area (Å²) in [7, 11) is -2.72. The molecule has 2 N–H and O–H groups in total. The Morgan fingerprint density at radius 3 is 2.32 bits per heavy atom. The van der Waals surface area contributed by atoms with Crippen LogP contribution in [-0.2, 0) is 26.0 Å². The van der Waals surface area contributed by atoms with E-state index in [1.807, 2.05) is 37.3 Å². The molecule has 0 radical (unpaired) electrons. The third-order valence-corrected chi connectivity index (χ3v) is 7.12. The van der Waals surface area contributed by atoms with Gasteiger partial charge in [-0.2, -0.15) is 4.72 Å². The number of anilines is 1. The van der Waals surface area contributed by atoms with E-state index in [9.17, 15) is 18.0 Å². The summed E-state index contributed by atoms with van der Waals surface area (Å²) < 4.78 is 39.6. The van der Waals surface area contributed by atoms with Crippen LogP contribution in [-0.4, -0.2) is 40.1 Å². The molecular weight excluding hydrogens is 492 g/mol. The smallest absolute Gasteiger partial charge is 0.338 e. The van der Waals surface area contributed by atoms with Crippen LogP contribution in [0.1, 0.15) is 41.3 Å². The molecule has 0 aliphatic rings. The Kier molecular flexibility index (Phi) is 9.82. The van der Waals surface area contributed by atoms with Crippen LogP contribution < -0.4 is 14.8 Å². The maximum absolute atomic E-state index is 13.3. The lowest BCUT2D eigenvalue weighted by Gasteiger charge is -2.20. The Morgan fingerprint density at radius 2 is 1.68 bits per heavy atom. The molecule has 3 aromatic rings. The summed E-state index contributed by atoms with van der Waals surface area (Å²) in [4.78, 5) is 25.4. The molecule has 8 nitrogen and oxygen atoms in total. The van der Waals surface area contributed by atoms with Crippen molar-refractivity contribution in [2.75, 3.05) is 19.0 Å². The first-order valence-electron chi connectivity index (χ1n) is 12.0. The van der Waals surface area contributed by atoms with Crippen LogP contribution in [0.15, 0.2) is 77.7 Å². The number of hydrogen-bond acceptors (Lipinski definition) is 6. The predicted molar refractivity (Wildman–Crippen MR) is 142 cm³/mol. The van der Waals surface area contributed by atoms with Gasteiger partial charge in [0.05, 0.1) is 19.3 Å². The molecule has 3 aromatic carbocycles. The van der Waals surface area contributed by atoms with Gasteiger partial charge in [0.2, 0.25) is 15.9 Å². The molecule has 196 valence electrons. The average Bonchev–Trinajstić information content (AvgIpc) is 2.89. The van der Waals surface area contributed by atoms with Crippen molar-refractivity contribution in [3.05, 3.63) is 89.5 Å². The molecule has 0 saturated carbocycles. The summed E-state index contributed by atoms with van der Waals surface area (Å²) in [6.07, 6.45) is 1.83. The maximum atomic E-state index is 13.3. The Bertz CT molecular complexity index is 1310. The van der Waals surface area contributed by atoms with E-state index in [-0.39, 0.29) is 17.1 Å². The van der Waals surface area contributed by atoms with Crippen molar-refractivity contribution in [2.45, 2.75) is 44.0 Å². The number of rotatable bonds is 12. The Balaban J connectivity index is 1.81. The van der Waals surface area contributed by atoms with Crippen LogP contribution in [0, 0.1) is 6.92 Å². The minimum atomic E-state index is -4.11. The van der Waals surface area contributed by atoms with Crippen molar-refractivity contribution in [2.24, 2.45) is 0 Å². The molecule has 0 saturated heterocycles. The molecule has 0 fully saturated rings. The van der Waals surface area contributed by atoms with Crippen LogP contribution >= 0.6 is 0 Å². The van der Waals surface area contributed by atoms with Crippen LogP contribution in [0.4, 0.5) is 5.69 Å². The highest BCUT2D eigenvalue weighted by Gasteiger charge is 2.28. The van der Waals surface area contributed by atoms with Crippen LogP contribution in [0.25, 0.3) is 0 Å². The number of methoxy groups -OCH3 is 1. The summed E-state index contributed by atoms with van der Waals surface area (Å²) in [6, 6.07) is 19.1. The summed E-state index contributed by atoms with van der Waals surface area (Å²) in [5.41, 5.74) is 2.30. The Morgan fingerprint density at radius 1 is 0.973 bits per heavy atom. The van der Waals surface area contributed by atoms with Gasteiger partial charge < -0.3 is 14.8 Å². The van der Waals surface area contributed by atoms with Gasteiger partial charge in [0.25, 0.3) is 0 Å². The second-order valence-electron chi connectivity index (χ2n) is 8.57. The normalized spacial score (nSPS) is 12.0. The first-order chi connectivity index (χ1) is 17.7. The predicted octanol–water partition coefficient (Wildman–Crippen LogP) is 4.49. The minimum absolute atomic E-state index is 0.0493. The standard InChI is InChI=1S/C28H32N2O6S/c1-4-5-17-36-28(32)22-12-14-23(15-13-22)29-27(31)24(19-21-9-7-6-8-10-21)30-37(33,34)26-18-20(2)11-16-25(26)35-3/h6-16,18,24,30H,4-5,17,19H2,1-3H3,(H,29,31). The van der Waals surface area contributed by atoms with E-state index in [1.165, 1.54) is 13.2 Å². The number of amides is 1. The zero-order valence-corrected chi connectivity index (χ0v) is 22.0. The number of sulfonamides is 1. The van der Waals surface area contributed by atoms with Crippen molar-refractivity contribution in [1.29, 1.82) is 0 Å². The first kappa shape index (κ1) is 27.9. The topological polar surface area (TPSA) is 111 Å². The zero-order chi connectivity index (χ0) is 26.8. The summed E-state index contributed by atoms with van der Waals surface area (Å²) >= 11 is 0. The van der Waals surface area contributed by atoms with Gasteiger partial charge in [0.15, 0.2) is 0 Å². The van der Waals surface area contributed by atoms with E-state index in [2.05, 4.69) is 10.0 Å². The fourth-order valence-electron chi connectivity index (χ4n) is 3.59. The number of unbranched alkanes of at least 4 members (excludes halogenated alkanes) is 1. The lowest BCUT2D eigenvalue weighted by Crippen LogP contribution is -2.45. The van der Waals surface area contributed by atoms with E-state index in [4.69, 9.17) is 9.47 Å². The second kappa shape index (κ2) is 13.0. The van der Waals surface area contributed by atoms with E-state index in [1.54, 1.807) is 43.3 Å². The van der Waals surface area contributed by atoms with Gasteiger partial charge in [-0.3, -0.25) is 4.79 Å². The van der Waals surface area contributed by atoms with Crippen LogP contribution in [0.2, 0.25) is 0 Å². The third-order valence-electron chi connectivity index (χ3n) is 5.62. The van der Waals surface area contributed by atoms with Crippen molar-refractivity contribution in [3.8, 4) is 5.75 Å². The highest BCUT2D eigenvalue weighted by atomic mass is 32.2. The highest BCUT2D eigenvalue weighted by Crippen LogP contribution is 2.25. The fourth-order valence-corrected chi connectivity index (χ4v) is 5.04. The van der Waals surface area contributed by atoms with E-state index >= 15 is 0 Å². The second-order valence-corrected chi connectivity index (χ2v) is 10.3. The molecule has 1 amide bonds. The number of benzene rings is 3. The lowest BCUT2D eigenvalue weighted by atomic mass is 10.1. The molecule has 3 rings (SSSR count). The number of hydrogen-bond donors (Lipinski definition) is 2. The molecule has 1 atom stereocenters. The third kappa shape index (κ3) is 7.90. The number of aryl methyl sites for hydroxylation is 1. The largest absolute Gasteiger partial charge is 0.495 e. The molecule has 0 aromatic heterocycles. The Hall–Kier alpha value is -3.69. The maximum Gasteiger partial charge on any atom is 0.338 e. The van der Waals surface area contributed by atoms with Gasteiger partial charge in [0.1, 0.15) is 16.7 Å². The van der Waals surface area contributed by atoms with Gasteiger partial charge in [-0.25, -0.2) is 13.2 Å². The molecular formula is C28H32N2O6S. The molecule has 0 aliphatic carbocycles. The number of carbonyl (C=O) groups excluding carboxylic acids is 2.